The van der Waals surface area contributed by atoms with Crippen LogP contribution in [0.2, 0.25) is 0 Å². The van der Waals surface area contributed by atoms with E-state index in [0.29, 0.717) is 0 Å². The first-order chi connectivity index (χ1) is 8.33. The van der Waals surface area contributed by atoms with Gasteiger partial charge < -0.3 is 15.1 Å². The van der Waals surface area contributed by atoms with Crippen LogP contribution in [0, 0.1) is 0 Å². The monoisotopic (exact) mass is 233 g/mol. The van der Waals surface area contributed by atoms with Gasteiger partial charge in [0.25, 0.3) is 0 Å². The fourth-order valence-corrected chi connectivity index (χ4v) is 2.44. The van der Waals surface area contributed by atoms with Crippen molar-refractivity contribution in [3.8, 4) is 0 Å². The zero-order valence-corrected chi connectivity index (χ0v) is 10.3. The topological polar surface area (TPSA) is 44.3 Å². The van der Waals surface area contributed by atoms with Crippen LogP contribution >= 0.6 is 0 Å². The molecule has 0 amide bonds. The Kier molecular flexibility index (Phi) is 2.94. The Morgan fingerprint density at radius 1 is 1.24 bits per heavy atom. The van der Waals surface area contributed by atoms with Crippen LogP contribution in [0.1, 0.15) is 11.3 Å². The first-order valence-corrected chi connectivity index (χ1v) is 6.32. The van der Waals surface area contributed by atoms with Crippen LogP contribution < -0.4 is 10.2 Å². The van der Waals surface area contributed by atoms with Crippen LogP contribution in [0.15, 0.2) is 6.20 Å². The Morgan fingerprint density at radius 3 is 2.88 bits per heavy atom. The smallest absolute Gasteiger partial charge is 0.225 e. The average molecular weight is 233 g/mol. The summed E-state index contributed by atoms with van der Waals surface area (Å²) >= 11 is 0. The van der Waals surface area contributed by atoms with Crippen molar-refractivity contribution in [1.29, 1.82) is 0 Å². The molecule has 0 unspecified atom stereocenters. The van der Waals surface area contributed by atoms with Crippen molar-refractivity contribution in [2.75, 3.05) is 44.7 Å². The van der Waals surface area contributed by atoms with E-state index in [1.54, 1.807) is 0 Å². The zero-order chi connectivity index (χ0) is 11.7. The van der Waals surface area contributed by atoms with E-state index in [1.807, 2.05) is 6.20 Å². The summed E-state index contributed by atoms with van der Waals surface area (Å²) in [5, 5.41) is 3.35. The molecule has 0 bridgehead atoms. The molecular weight excluding hydrogens is 214 g/mol. The second-order valence-electron chi connectivity index (χ2n) is 4.87. The lowest BCUT2D eigenvalue weighted by Crippen LogP contribution is -2.44. The highest BCUT2D eigenvalue weighted by atomic mass is 15.3. The van der Waals surface area contributed by atoms with Gasteiger partial charge >= 0.3 is 0 Å². The molecule has 0 radical (unpaired) electrons. The Bertz CT molecular complexity index is 400. The maximum atomic E-state index is 4.73. The minimum absolute atomic E-state index is 0.903. The van der Waals surface area contributed by atoms with Gasteiger partial charge in [-0.15, -0.1) is 0 Å². The van der Waals surface area contributed by atoms with Crippen molar-refractivity contribution in [2.24, 2.45) is 0 Å². The molecule has 2 aliphatic rings. The summed E-state index contributed by atoms with van der Waals surface area (Å²) in [7, 11) is 2.15. The van der Waals surface area contributed by atoms with Crippen molar-refractivity contribution in [1.82, 2.24) is 20.2 Å². The molecule has 0 aromatic carbocycles. The fourth-order valence-electron chi connectivity index (χ4n) is 2.44. The van der Waals surface area contributed by atoms with Crippen LogP contribution in [-0.2, 0) is 13.0 Å². The lowest BCUT2D eigenvalue weighted by atomic mass is 10.1. The molecule has 0 aliphatic carbocycles. The highest BCUT2D eigenvalue weighted by Gasteiger charge is 2.18. The number of hydrogen-bond acceptors (Lipinski definition) is 5. The molecule has 1 fully saturated rings. The van der Waals surface area contributed by atoms with Gasteiger partial charge in [-0.3, -0.25) is 0 Å². The number of hydrogen-bond donors (Lipinski definition) is 1. The van der Waals surface area contributed by atoms with Gasteiger partial charge in [0.05, 0.1) is 5.69 Å². The Hall–Kier alpha value is -1.20. The van der Waals surface area contributed by atoms with E-state index in [4.69, 9.17) is 4.98 Å². The molecule has 17 heavy (non-hydrogen) atoms. The zero-order valence-electron chi connectivity index (χ0n) is 10.3. The second-order valence-corrected chi connectivity index (χ2v) is 4.87. The van der Waals surface area contributed by atoms with Crippen molar-refractivity contribution < 1.29 is 0 Å². The van der Waals surface area contributed by atoms with E-state index in [1.165, 1.54) is 11.3 Å². The minimum atomic E-state index is 0.903. The van der Waals surface area contributed by atoms with Crippen LogP contribution in [-0.4, -0.2) is 54.6 Å². The van der Waals surface area contributed by atoms with Crippen LogP contribution in [0.25, 0.3) is 0 Å². The van der Waals surface area contributed by atoms with E-state index < -0.39 is 0 Å². The van der Waals surface area contributed by atoms with Crippen molar-refractivity contribution in [3.05, 3.63) is 17.5 Å². The highest BCUT2D eigenvalue weighted by molar-refractivity contribution is 5.34. The Labute approximate surface area is 102 Å². The number of likely N-dealkylation sites (N-methyl/N-ethyl adjacent to an activating group) is 1. The molecule has 3 heterocycles. The molecule has 1 saturated heterocycles. The van der Waals surface area contributed by atoms with Gasteiger partial charge in [-0.25, -0.2) is 9.97 Å². The number of nitrogens with one attached hydrogen (secondary N) is 1. The third kappa shape index (κ3) is 2.25. The number of rotatable bonds is 1. The predicted molar refractivity (Wildman–Crippen MR) is 67.2 cm³/mol. The van der Waals surface area contributed by atoms with Crippen molar-refractivity contribution in [2.45, 2.75) is 13.0 Å². The molecule has 92 valence electrons. The number of piperazine rings is 1. The SMILES string of the molecule is CN1CCc2cnc(N3CCNCC3)nc2C1. The van der Waals surface area contributed by atoms with Gasteiger partial charge in [-0.05, 0) is 19.0 Å². The van der Waals surface area contributed by atoms with Gasteiger partial charge in [-0.2, -0.15) is 0 Å². The summed E-state index contributed by atoms with van der Waals surface area (Å²) in [5.74, 6) is 0.903. The van der Waals surface area contributed by atoms with E-state index in [9.17, 15) is 0 Å². The Balaban J connectivity index is 1.84. The van der Waals surface area contributed by atoms with Crippen LogP contribution in [0.5, 0.6) is 0 Å². The number of anilines is 1. The molecule has 1 N–H and O–H groups in total. The predicted octanol–water partition coefficient (Wildman–Crippen LogP) is -0.126. The van der Waals surface area contributed by atoms with Crippen LogP contribution in [0.3, 0.4) is 0 Å². The summed E-state index contributed by atoms with van der Waals surface area (Å²) in [5.41, 5.74) is 2.53. The van der Waals surface area contributed by atoms with Crippen LogP contribution in [0.4, 0.5) is 5.95 Å². The molecule has 5 nitrogen and oxygen atoms in total. The quantitative estimate of drug-likeness (QED) is 0.732. The molecule has 0 spiro atoms. The minimum Gasteiger partial charge on any atom is -0.338 e. The molecule has 3 rings (SSSR count). The van der Waals surface area contributed by atoms with Gasteiger partial charge in [0, 0.05) is 45.5 Å². The highest BCUT2D eigenvalue weighted by Crippen LogP contribution is 2.18. The summed E-state index contributed by atoms with van der Waals surface area (Å²) in [6.07, 6.45) is 3.10. The normalized spacial score (nSPS) is 21.4. The van der Waals surface area contributed by atoms with Gasteiger partial charge in [0.2, 0.25) is 5.95 Å². The summed E-state index contributed by atoms with van der Waals surface area (Å²) in [6.45, 7) is 6.14. The summed E-state index contributed by atoms with van der Waals surface area (Å²) in [6, 6.07) is 0. The molecule has 1 aromatic heterocycles. The second kappa shape index (κ2) is 4.58. The average Bonchev–Trinajstić information content (AvgIpc) is 2.39. The molecule has 1 aromatic rings. The first kappa shape index (κ1) is 10.9. The largest absolute Gasteiger partial charge is 0.338 e. The standard InChI is InChI=1S/C12H19N5/c1-16-5-2-10-8-14-12(15-11(10)9-16)17-6-3-13-4-7-17/h8,13H,2-7,9H2,1H3. The van der Waals surface area contributed by atoms with E-state index in [0.717, 1.165) is 51.6 Å². The van der Waals surface area contributed by atoms with Gasteiger partial charge in [-0.1, -0.05) is 0 Å². The Morgan fingerprint density at radius 2 is 2.06 bits per heavy atom. The maximum absolute atomic E-state index is 4.73. The molecule has 0 saturated carbocycles. The number of fused-ring (bicyclic) bond motifs is 1. The fraction of sp³-hybridized carbons (Fsp3) is 0.667. The summed E-state index contributed by atoms with van der Waals surface area (Å²) in [4.78, 5) is 13.8. The van der Waals surface area contributed by atoms with Crippen molar-refractivity contribution >= 4 is 5.95 Å². The third-order valence-electron chi connectivity index (χ3n) is 3.52. The molecule has 0 atom stereocenters. The lowest BCUT2D eigenvalue weighted by molar-refractivity contribution is 0.307. The van der Waals surface area contributed by atoms with E-state index >= 15 is 0 Å². The van der Waals surface area contributed by atoms with Crippen molar-refractivity contribution in [3.63, 3.8) is 0 Å². The molecule has 2 aliphatic heterocycles. The van der Waals surface area contributed by atoms with Gasteiger partial charge in [0.1, 0.15) is 0 Å². The third-order valence-corrected chi connectivity index (χ3v) is 3.52. The molecule has 5 heteroatoms. The summed E-state index contributed by atoms with van der Waals surface area (Å²) < 4.78 is 0. The molecular formula is C12H19N5. The first-order valence-electron chi connectivity index (χ1n) is 6.32. The number of nitrogens with zero attached hydrogens (tertiary/aromatic N) is 4. The lowest BCUT2D eigenvalue weighted by Gasteiger charge is -2.29. The van der Waals surface area contributed by atoms with Gasteiger partial charge in [0.15, 0.2) is 0 Å². The number of aromatic nitrogens is 2. The van der Waals surface area contributed by atoms with E-state index in [-0.39, 0.29) is 0 Å². The van der Waals surface area contributed by atoms with E-state index in [2.05, 4.69) is 27.1 Å². The maximum Gasteiger partial charge on any atom is 0.225 e.